The van der Waals surface area contributed by atoms with E-state index >= 15 is 0 Å². The van der Waals surface area contributed by atoms with Gasteiger partial charge in [-0.05, 0) is 97.4 Å². The van der Waals surface area contributed by atoms with Gasteiger partial charge in [0.2, 0.25) is 0 Å². The summed E-state index contributed by atoms with van der Waals surface area (Å²) in [7, 11) is 0. The maximum absolute atomic E-state index is 5.36. The minimum absolute atomic E-state index is 0.990. The van der Waals surface area contributed by atoms with Crippen molar-refractivity contribution in [2.75, 3.05) is 0 Å². The second kappa shape index (κ2) is 13.9. The number of rotatable bonds is 5. The normalized spacial score (nSPS) is 11.7. The zero-order valence-corrected chi connectivity index (χ0v) is 32.7. The fourth-order valence-electron chi connectivity index (χ4n) is 9.48. The highest BCUT2D eigenvalue weighted by Crippen LogP contribution is 2.46. The zero-order valence-electron chi connectivity index (χ0n) is 32.7. The average Bonchev–Trinajstić information content (AvgIpc) is 3.33. The van der Waals surface area contributed by atoms with Crippen LogP contribution in [0, 0.1) is 0 Å². The lowest BCUT2D eigenvalue weighted by molar-refractivity contribution is 1.43. The Bertz CT molecular complexity index is 3410. The molecule has 2 aromatic heterocycles. The smallest absolute Gasteiger partial charge is 0.0788 e. The molecule has 0 N–H and O–H groups in total. The van der Waals surface area contributed by atoms with Gasteiger partial charge in [-0.1, -0.05) is 176 Å². The van der Waals surface area contributed by atoms with E-state index < -0.39 is 0 Å². The monoisotopic (exact) mass is 760 g/mol. The highest BCUT2D eigenvalue weighted by Gasteiger charge is 2.20. The summed E-state index contributed by atoms with van der Waals surface area (Å²) in [5, 5.41) is 11.9. The predicted molar refractivity (Wildman–Crippen MR) is 254 cm³/mol. The van der Waals surface area contributed by atoms with Gasteiger partial charge in [0.1, 0.15) is 0 Å². The van der Waals surface area contributed by atoms with E-state index in [1.807, 2.05) is 0 Å². The molecule has 0 saturated carbocycles. The first-order chi connectivity index (χ1) is 29.8. The van der Waals surface area contributed by atoms with E-state index in [2.05, 4.69) is 218 Å². The molecule has 0 bridgehead atoms. The van der Waals surface area contributed by atoms with Crippen LogP contribution >= 0.6 is 0 Å². The van der Waals surface area contributed by atoms with Crippen LogP contribution in [0.2, 0.25) is 0 Å². The number of aromatic nitrogens is 2. The molecule has 12 aromatic rings. The number of pyridine rings is 2. The Morgan fingerprint density at radius 2 is 0.550 bits per heavy atom. The fraction of sp³-hybridized carbons (Fsp3) is 0. The number of hydrogen-bond acceptors (Lipinski definition) is 2. The first-order valence-electron chi connectivity index (χ1n) is 20.6. The lowest BCUT2D eigenvalue weighted by Gasteiger charge is -2.19. The molecule has 0 radical (unpaired) electrons. The van der Waals surface area contributed by atoms with E-state index in [0.29, 0.717) is 0 Å². The van der Waals surface area contributed by atoms with E-state index in [1.165, 1.54) is 49.0 Å². The van der Waals surface area contributed by atoms with Crippen molar-refractivity contribution in [3.8, 4) is 55.9 Å². The Labute approximate surface area is 347 Å². The van der Waals surface area contributed by atoms with Crippen molar-refractivity contribution in [1.82, 2.24) is 9.97 Å². The molecule has 2 heterocycles. The minimum atomic E-state index is 0.990. The molecule has 60 heavy (non-hydrogen) atoms. The maximum Gasteiger partial charge on any atom is 0.0788 e. The summed E-state index contributed by atoms with van der Waals surface area (Å²) in [6.07, 6.45) is 0. The third kappa shape index (κ3) is 5.50. The first-order valence-corrected chi connectivity index (χ1v) is 20.6. The van der Waals surface area contributed by atoms with E-state index in [0.717, 1.165) is 71.8 Å². The highest BCUT2D eigenvalue weighted by molar-refractivity contribution is 6.27. The molecule has 278 valence electrons. The van der Waals surface area contributed by atoms with E-state index in [9.17, 15) is 0 Å². The molecule has 12 rings (SSSR count). The molecule has 0 atom stereocenters. The summed E-state index contributed by atoms with van der Waals surface area (Å²) >= 11 is 0. The summed E-state index contributed by atoms with van der Waals surface area (Å²) in [6, 6.07) is 78.9. The molecule has 0 fully saturated rings. The van der Waals surface area contributed by atoms with Gasteiger partial charge in [-0.15, -0.1) is 0 Å². The Morgan fingerprint density at radius 3 is 0.983 bits per heavy atom. The standard InChI is InChI=1S/C58H36N2/c1-4-18-37(19-5-1)40-32-41(49-35-51-55(45-26-12-10-24-43(45)49)47-28-14-16-30-53(47)59-57(51)38-20-6-2-7-21-38)34-42(33-40)50-36-52-56(46-27-13-11-25-44(46)50)48-29-15-17-31-54(48)60-58(52)39-22-8-3-9-23-39/h1-36H. The molecule has 2 nitrogen and oxygen atoms in total. The number of fused-ring (bicyclic) bond motifs is 10. The number of hydrogen-bond donors (Lipinski definition) is 0. The van der Waals surface area contributed by atoms with Gasteiger partial charge < -0.3 is 0 Å². The molecule has 10 aromatic carbocycles. The Balaban J connectivity index is 1.20. The van der Waals surface area contributed by atoms with Crippen molar-refractivity contribution >= 4 is 64.9 Å². The predicted octanol–water partition coefficient (Wildman–Crippen LogP) is 15.7. The number of para-hydroxylation sites is 2. The molecule has 0 spiro atoms. The van der Waals surface area contributed by atoms with Gasteiger partial charge in [0.25, 0.3) is 0 Å². The molecule has 2 heteroatoms. The first kappa shape index (κ1) is 34.1. The summed E-state index contributed by atoms with van der Waals surface area (Å²) in [5.74, 6) is 0. The van der Waals surface area contributed by atoms with Crippen molar-refractivity contribution in [3.05, 3.63) is 218 Å². The van der Waals surface area contributed by atoms with Gasteiger partial charge in [-0.25, -0.2) is 9.97 Å². The molecule has 0 aliphatic carbocycles. The number of benzene rings is 10. The van der Waals surface area contributed by atoms with Crippen LogP contribution in [0.4, 0.5) is 0 Å². The minimum Gasteiger partial charge on any atom is -0.247 e. The third-order valence-electron chi connectivity index (χ3n) is 12.2. The Kier molecular flexibility index (Phi) is 7.89. The molecule has 0 saturated heterocycles. The van der Waals surface area contributed by atoms with Crippen LogP contribution in [0.3, 0.4) is 0 Å². The van der Waals surface area contributed by atoms with Crippen molar-refractivity contribution in [1.29, 1.82) is 0 Å². The van der Waals surface area contributed by atoms with Crippen LogP contribution in [0.15, 0.2) is 218 Å². The second-order valence-corrected chi connectivity index (χ2v) is 15.6. The molecule has 0 aliphatic rings. The molecule has 0 unspecified atom stereocenters. The van der Waals surface area contributed by atoms with Gasteiger partial charge >= 0.3 is 0 Å². The van der Waals surface area contributed by atoms with Crippen molar-refractivity contribution in [2.24, 2.45) is 0 Å². The largest absolute Gasteiger partial charge is 0.247 e. The molecule has 0 amide bonds. The van der Waals surface area contributed by atoms with E-state index in [1.54, 1.807) is 0 Å². The maximum atomic E-state index is 5.36. The quantitative estimate of drug-likeness (QED) is 0.163. The summed E-state index contributed by atoms with van der Waals surface area (Å²) in [4.78, 5) is 10.7. The summed E-state index contributed by atoms with van der Waals surface area (Å²) in [5.41, 5.74) is 13.2. The van der Waals surface area contributed by atoms with Crippen molar-refractivity contribution in [3.63, 3.8) is 0 Å². The average molecular weight is 761 g/mol. The van der Waals surface area contributed by atoms with Crippen molar-refractivity contribution in [2.45, 2.75) is 0 Å². The van der Waals surface area contributed by atoms with E-state index in [-0.39, 0.29) is 0 Å². The van der Waals surface area contributed by atoms with Gasteiger partial charge in [0.15, 0.2) is 0 Å². The second-order valence-electron chi connectivity index (χ2n) is 15.6. The van der Waals surface area contributed by atoms with Crippen LogP contribution < -0.4 is 0 Å². The molecular weight excluding hydrogens is 725 g/mol. The molecular formula is C58H36N2. The summed E-state index contributed by atoms with van der Waals surface area (Å²) < 4.78 is 0. The van der Waals surface area contributed by atoms with Gasteiger partial charge in [-0.2, -0.15) is 0 Å². The molecule has 0 aliphatic heterocycles. The van der Waals surface area contributed by atoms with Crippen molar-refractivity contribution < 1.29 is 0 Å². The lowest BCUT2D eigenvalue weighted by atomic mass is 9.86. The highest BCUT2D eigenvalue weighted by atomic mass is 14.7. The fourth-order valence-corrected chi connectivity index (χ4v) is 9.48. The van der Waals surface area contributed by atoms with E-state index in [4.69, 9.17) is 9.97 Å². The van der Waals surface area contributed by atoms with Crippen LogP contribution in [-0.4, -0.2) is 9.97 Å². The number of nitrogens with zero attached hydrogens (tertiary/aromatic N) is 2. The van der Waals surface area contributed by atoms with Crippen LogP contribution in [0.25, 0.3) is 121 Å². The Morgan fingerprint density at radius 1 is 0.217 bits per heavy atom. The van der Waals surface area contributed by atoms with Crippen LogP contribution in [0.5, 0.6) is 0 Å². The van der Waals surface area contributed by atoms with Crippen LogP contribution in [0.1, 0.15) is 0 Å². The Hall–Kier alpha value is -7.94. The zero-order chi connectivity index (χ0) is 39.6. The van der Waals surface area contributed by atoms with Crippen LogP contribution in [-0.2, 0) is 0 Å². The van der Waals surface area contributed by atoms with Gasteiger partial charge in [0, 0.05) is 43.4 Å². The third-order valence-corrected chi connectivity index (χ3v) is 12.2. The lowest BCUT2D eigenvalue weighted by Crippen LogP contribution is -1.94. The van der Waals surface area contributed by atoms with Gasteiger partial charge in [-0.3, -0.25) is 0 Å². The SMILES string of the molecule is c1ccc(-c2cc(-c3cc4c(-c5ccccc5)nc5ccccc5c4c4ccccc34)cc(-c3cc4c(-c5ccccc5)nc5ccccc5c4c4ccccc34)c2)cc1. The summed E-state index contributed by atoms with van der Waals surface area (Å²) in [6.45, 7) is 0. The topological polar surface area (TPSA) is 25.8 Å². The van der Waals surface area contributed by atoms with Gasteiger partial charge in [0.05, 0.1) is 22.4 Å².